The van der Waals surface area contributed by atoms with Gasteiger partial charge in [0.1, 0.15) is 5.75 Å². The summed E-state index contributed by atoms with van der Waals surface area (Å²) in [5.41, 5.74) is 0.557. The number of carbonyl (C=O) groups is 2. The first-order valence-electron chi connectivity index (χ1n) is 6.53. The molecule has 2 atom stereocenters. The average molecular weight is 262 g/mol. The number of aliphatic carboxylic acids is 1. The molecule has 1 aliphatic carbocycles. The molecule has 4 nitrogen and oxygen atoms in total. The number of carboxylic acids is 1. The molecule has 0 bridgehead atoms. The lowest BCUT2D eigenvalue weighted by Gasteiger charge is -2.25. The Labute approximate surface area is 112 Å². The van der Waals surface area contributed by atoms with Gasteiger partial charge in [0.15, 0.2) is 5.78 Å². The number of methoxy groups -OCH3 is 1. The molecule has 0 unspecified atom stereocenters. The quantitative estimate of drug-likeness (QED) is 0.847. The molecule has 0 spiro atoms. The molecule has 102 valence electrons. The van der Waals surface area contributed by atoms with Crippen molar-refractivity contribution in [1.82, 2.24) is 0 Å². The van der Waals surface area contributed by atoms with E-state index in [1.807, 2.05) is 6.07 Å². The van der Waals surface area contributed by atoms with Crippen LogP contribution in [0.25, 0.3) is 0 Å². The minimum Gasteiger partial charge on any atom is -0.496 e. The molecule has 0 radical (unpaired) electrons. The third kappa shape index (κ3) is 2.95. The Hall–Kier alpha value is -1.84. The van der Waals surface area contributed by atoms with E-state index < -0.39 is 11.9 Å². The van der Waals surface area contributed by atoms with E-state index in [1.165, 1.54) is 7.11 Å². The van der Waals surface area contributed by atoms with Gasteiger partial charge in [-0.3, -0.25) is 9.59 Å². The van der Waals surface area contributed by atoms with Crippen molar-refractivity contribution < 1.29 is 19.4 Å². The highest BCUT2D eigenvalue weighted by Crippen LogP contribution is 2.33. The molecular weight excluding hydrogens is 244 g/mol. The fraction of sp³-hybridized carbons (Fsp3) is 0.467. The van der Waals surface area contributed by atoms with E-state index in [1.54, 1.807) is 18.2 Å². The maximum absolute atomic E-state index is 12.5. The van der Waals surface area contributed by atoms with Gasteiger partial charge in [0.25, 0.3) is 0 Å². The Morgan fingerprint density at radius 2 is 1.89 bits per heavy atom. The second-order valence-corrected chi connectivity index (χ2v) is 4.96. The summed E-state index contributed by atoms with van der Waals surface area (Å²) >= 11 is 0. The second kappa shape index (κ2) is 5.87. The van der Waals surface area contributed by atoms with Crippen LogP contribution in [0.4, 0.5) is 0 Å². The van der Waals surface area contributed by atoms with Crippen molar-refractivity contribution in [2.45, 2.75) is 25.7 Å². The third-order valence-corrected chi connectivity index (χ3v) is 3.77. The molecule has 0 aromatic heterocycles. The predicted octanol–water partition coefficient (Wildman–Crippen LogP) is 2.77. The molecule has 2 rings (SSSR count). The zero-order chi connectivity index (χ0) is 13.8. The fourth-order valence-electron chi connectivity index (χ4n) is 2.72. The smallest absolute Gasteiger partial charge is 0.306 e. The summed E-state index contributed by atoms with van der Waals surface area (Å²) in [5.74, 6) is -0.825. The number of benzene rings is 1. The maximum Gasteiger partial charge on any atom is 0.306 e. The fourth-order valence-corrected chi connectivity index (χ4v) is 2.72. The first kappa shape index (κ1) is 13.6. The summed E-state index contributed by atoms with van der Waals surface area (Å²) in [4.78, 5) is 23.5. The maximum atomic E-state index is 12.5. The van der Waals surface area contributed by atoms with Crippen LogP contribution in [0.15, 0.2) is 24.3 Å². The first-order valence-corrected chi connectivity index (χ1v) is 6.53. The molecule has 1 N–H and O–H groups in total. The second-order valence-electron chi connectivity index (χ2n) is 4.96. The van der Waals surface area contributed by atoms with Crippen LogP contribution in [-0.2, 0) is 4.79 Å². The van der Waals surface area contributed by atoms with Crippen LogP contribution >= 0.6 is 0 Å². The van der Waals surface area contributed by atoms with Crippen LogP contribution in [0.3, 0.4) is 0 Å². The molecule has 0 aliphatic heterocycles. The van der Waals surface area contributed by atoms with E-state index in [0.717, 1.165) is 12.8 Å². The van der Waals surface area contributed by atoms with Crippen molar-refractivity contribution in [2.24, 2.45) is 11.8 Å². The molecule has 4 heteroatoms. The van der Waals surface area contributed by atoms with Gasteiger partial charge in [0.05, 0.1) is 18.6 Å². The van der Waals surface area contributed by atoms with Gasteiger partial charge in [0, 0.05) is 5.92 Å². The number of carbonyl (C=O) groups excluding carboxylic acids is 1. The Balaban J connectivity index is 2.17. The molecule has 1 aromatic carbocycles. The molecule has 19 heavy (non-hydrogen) atoms. The van der Waals surface area contributed by atoms with Crippen molar-refractivity contribution in [3.63, 3.8) is 0 Å². The van der Waals surface area contributed by atoms with Crippen molar-refractivity contribution in [3.05, 3.63) is 29.8 Å². The molecule has 1 saturated carbocycles. The standard InChI is InChI=1S/C15H18O4/c1-19-13-8-3-2-7-12(13)14(16)10-5-4-6-11(9-10)15(17)18/h2-3,7-8,10-11H,4-6,9H2,1H3,(H,17,18)/t10-,11+/m1/s1. The van der Waals surface area contributed by atoms with Crippen LogP contribution in [0.2, 0.25) is 0 Å². The van der Waals surface area contributed by atoms with Gasteiger partial charge in [-0.25, -0.2) is 0 Å². The van der Waals surface area contributed by atoms with E-state index in [4.69, 9.17) is 9.84 Å². The minimum absolute atomic E-state index is 0.00315. The summed E-state index contributed by atoms with van der Waals surface area (Å²) in [6.45, 7) is 0. The molecule has 1 aromatic rings. The van der Waals surface area contributed by atoms with Gasteiger partial charge in [-0.1, -0.05) is 18.6 Å². The lowest BCUT2D eigenvalue weighted by Crippen LogP contribution is -2.27. The summed E-state index contributed by atoms with van der Waals surface area (Å²) in [5, 5.41) is 9.07. The van der Waals surface area contributed by atoms with Gasteiger partial charge >= 0.3 is 5.97 Å². The third-order valence-electron chi connectivity index (χ3n) is 3.77. The van der Waals surface area contributed by atoms with Gasteiger partial charge < -0.3 is 9.84 Å². The zero-order valence-corrected chi connectivity index (χ0v) is 11.0. The number of carboxylic acid groups (broad SMARTS) is 1. The van der Waals surface area contributed by atoms with Crippen LogP contribution in [-0.4, -0.2) is 24.0 Å². The lowest BCUT2D eigenvalue weighted by molar-refractivity contribution is -0.143. The van der Waals surface area contributed by atoms with Gasteiger partial charge in [0.2, 0.25) is 0 Å². The highest BCUT2D eigenvalue weighted by Gasteiger charge is 2.32. The number of hydrogen-bond donors (Lipinski definition) is 1. The Bertz CT molecular complexity index is 481. The number of ether oxygens (including phenoxy) is 1. The molecule has 0 amide bonds. The van der Waals surface area contributed by atoms with Crippen molar-refractivity contribution in [2.75, 3.05) is 7.11 Å². The molecule has 0 heterocycles. The number of rotatable bonds is 4. The largest absolute Gasteiger partial charge is 0.496 e. The molecular formula is C15H18O4. The van der Waals surface area contributed by atoms with Crippen LogP contribution in [0.1, 0.15) is 36.0 Å². The van der Waals surface area contributed by atoms with Crippen molar-refractivity contribution in [1.29, 1.82) is 0 Å². The van der Waals surface area contributed by atoms with Crippen LogP contribution in [0, 0.1) is 11.8 Å². The van der Waals surface area contributed by atoms with E-state index in [9.17, 15) is 9.59 Å². The number of hydrogen-bond acceptors (Lipinski definition) is 3. The first-order chi connectivity index (χ1) is 9.13. The highest BCUT2D eigenvalue weighted by molar-refractivity contribution is 6.00. The Morgan fingerprint density at radius 3 is 2.58 bits per heavy atom. The molecule has 0 saturated heterocycles. The minimum atomic E-state index is -0.794. The summed E-state index contributed by atoms with van der Waals surface area (Å²) in [6.07, 6.45) is 2.67. The summed E-state index contributed by atoms with van der Waals surface area (Å²) in [6, 6.07) is 7.11. The zero-order valence-electron chi connectivity index (χ0n) is 11.0. The average Bonchev–Trinajstić information content (AvgIpc) is 2.46. The van der Waals surface area contributed by atoms with Gasteiger partial charge in [-0.05, 0) is 31.4 Å². The van der Waals surface area contributed by atoms with E-state index in [0.29, 0.717) is 24.2 Å². The number of ketones is 1. The summed E-state index contributed by atoms with van der Waals surface area (Å²) < 4.78 is 5.19. The van der Waals surface area contributed by atoms with Gasteiger partial charge in [-0.2, -0.15) is 0 Å². The van der Waals surface area contributed by atoms with E-state index in [2.05, 4.69) is 0 Å². The predicted molar refractivity (Wildman–Crippen MR) is 70.4 cm³/mol. The molecule has 1 fully saturated rings. The summed E-state index contributed by atoms with van der Waals surface area (Å²) in [7, 11) is 1.53. The normalized spacial score (nSPS) is 22.8. The Morgan fingerprint density at radius 1 is 1.21 bits per heavy atom. The van der Waals surface area contributed by atoms with E-state index >= 15 is 0 Å². The van der Waals surface area contributed by atoms with Crippen LogP contribution < -0.4 is 4.74 Å². The SMILES string of the molecule is COc1ccccc1C(=O)[C@@H]1CCC[C@H](C(=O)O)C1. The van der Waals surface area contributed by atoms with Crippen molar-refractivity contribution >= 4 is 11.8 Å². The van der Waals surface area contributed by atoms with Gasteiger partial charge in [-0.15, -0.1) is 0 Å². The van der Waals surface area contributed by atoms with Crippen LogP contribution in [0.5, 0.6) is 5.75 Å². The van der Waals surface area contributed by atoms with Crippen molar-refractivity contribution in [3.8, 4) is 5.75 Å². The lowest BCUT2D eigenvalue weighted by atomic mass is 9.78. The Kier molecular flexibility index (Phi) is 4.20. The monoisotopic (exact) mass is 262 g/mol. The number of para-hydroxylation sites is 1. The topological polar surface area (TPSA) is 63.6 Å². The number of Topliss-reactive ketones (excluding diaryl/α,β-unsaturated/α-hetero) is 1. The highest BCUT2D eigenvalue weighted by atomic mass is 16.5. The van der Waals surface area contributed by atoms with E-state index in [-0.39, 0.29) is 11.7 Å². The molecule has 1 aliphatic rings.